The van der Waals surface area contributed by atoms with Crippen molar-refractivity contribution in [1.29, 1.82) is 5.26 Å². The van der Waals surface area contributed by atoms with Gasteiger partial charge in [-0.15, -0.1) is 0 Å². The Hall–Kier alpha value is -1.05. The van der Waals surface area contributed by atoms with E-state index < -0.39 is 0 Å². The number of likely N-dealkylation sites (tertiary alicyclic amines) is 1. The second kappa shape index (κ2) is 7.10. The van der Waals surface area contributed by atoms with Gasteiger partial charge in [0, 0.05) is 22.7 Å². The van der Waals surface area contributed by atoms with Gasteiger partial charge in [0.15, 0.2) is 0 Å². The van der Waals surface area contributed by atoms with Crippen LogP contribution >= 0.6 is 15.9 Å². The third kappa shape index (κ3) is 3.74. The number of hydrogen-bond donors (Lipinski definition) is 1. The molecule has 1 saturated heterocycles. The summed E-state index contributed by atoms with van der Waals surface area (Å²) in [6.07, 6.45) is 2.58. The molecule has 0 radical (unpaired) electrons. The number of nitrogens with one attached hydrogen (secondary N) is 1. The first-order valence-corrected chi connectivity index (χ1v) is 8.12. The lowest BCUT2D eigenvalue weighted by molar-refractivity contribution is 0.172. The second-order valence-corrected chi connectivity index (χ2v) is 6.39. The van der Waals surface area contributed by atoms with Crippen molar-refractivity contribution in [2.45, 2.75) is 32.7 Å². The highest BCUT2D eigenvalue weighted by atomic mass is 79.9. The minimum absolute atomic E-state index is 0.439. The van der Waals surface area contributed by atoms with Crippen LogP contribution in [-0.2, 0) is 0 Å². The monoisotopic (exact) mass is 335 g/mol. The van der Waals surface area contributed by atoms with E-state index >= 15 is 0 Å². The molecule has 0 bridgehead atoms. The van der Waals surface area contributed by atoms with Gasteiger partial charge in [0.1, 0.15) is 0 Å². The van der Waals surface area contributed by atoms with Gasteiger partial charge in [0.05, 0.1) is 11.6 Å². The highest BCUT2D eigenvalue weighted by molar-refractivity contribution is 9.10. The molecular formula is C16H22BrN3. The number of nitrogens with zero attached hydrogens (tertiary/aromatic N) is 2. The van der Waals surface area contributed by atoms with Gasteiger partial charge in [-0.1, -0.05) is 6.92 Å². The zero-order valence-electron chi connectivity index (χ0n) is 12.2. The number of nitriles is 1. The van der Waals surface area contributed by atoms with Crippen LogP contribution in [0, 0.1) is 17.2 Å². The molecule has 20 heavy (non-hydrogen) atoms. The van der Waals surface area contributed by atoms with Crippen LogP contribution in [0.25, 0.3) is 0 Å². The molecule has 1 aliphatic heterocycles. The van der Waals surface area contributed by atoms with E-state index in [4.69, 9.17) is 5.26 Å². The van der Waals surface area contributed by atoms with Gasteiger partial charge in [-0.05, 0) is 72.9 Å². The zero-order valence-corrected chi connectivity index (χ0v) is 13.8. The van der Waals surface area contributed by atoms with Crippen molar-refractivity contribution in [3.05, 3.63) is 28.2 Å². The van der Waals surface area contributed by atoms with Crippen LogP contribution in [0.2, 0.25) is 0 Å². The Labute approximate surface area is 130 Å². The number of anilines is 1. The van der Waals surface area contributed by atoms with Crippen molar-refractivity contribution >= 4 is 21.6 Å². The van der Waals surface area contributed by atoms with E-state index in [2.05, 4.69) is 46.1 Å². The van der Waals surface area contributed by atoms with E-state index in [1.54, 1.807) is 0 Å². The summed E-state index contributed by atoms with van der Waals surface area (Å²) in [6.45, 7) is 8.05. The van der Waals surface area contributed by atoms with E-state index in [0.29, 0.717) is 17.5 Å². The average molecular weight is 336 g/mol. The smallest absolute Gasteiger partial charge is 0.0992 e. The number of rotatable bonds is 4. The average Bonchev–Trinajstić information content (AvgIpc) is 2.49. The molecule has 1 heterocycles. The zero-order chi connectivity index (χ0) is 14.5. The molecule has 1 fully saturated rings. The largest absolute Gasteiger partial charge is 0.381 e. The maximum absolute atomic E-state index is 8.90. The Balaban J connectivity index is 2.00. The van der Waals surface area contributed by atoms with Gasteiger partial charge in [0.25, 0.3) is 0 Å². The topological polar surface area (TPSA) is 39.1 Å². The number of hydrogen-bond acceptors (Lipinski definition) is 3. The summed E-state index contributed by atoms with van der Waals surface area (Å²) in [7, 11) is 0. The number of halogens is 1. The normalized spacial score (nSPS) is 21.2. The molecule has 108 valence electrons. The third-order valence-electron chi connectivity index (χ3n) is 4.18. The van der Waals surface area contributed by atoms with Crippen LogP contribution in [-0.4, -0.2) is 30.6 Å². The Morgan fingerprint density at radius 1 is 1.55 bits per heavy atom. The van der Waals surface area contributed by atoms with Crippen molar-refractivity contribution in [3.8, 4) is 6.07 Å². The number of piperidine rings is 1. The van der Waals surface area contributed by atoms with Gasteiger partial charge in [-0.3, -0.25) is 0 Å². The Kier molecular flexibility index (Phi) is 5.45. The first-order chi connectivity index (χ1) is 9.63. The van der Waals surface area contributed by atoms with Gasteiger partial charge < -0.3 is 10.2 Å². The summed E-state index contributed by atoms with van der Waals surface area (Å²) in [5.74, 6) is 0.686. The van der Waals surface area contributed by atoms with Gasteiger partial charge in [-0.2, -0.15) is 5.26 Å². The first-order valence-electron chi connectivity index (χ1n) is 7.32. The quantitative estimate of drug-likeness (QED) is 0.908. The summed E-state index contributed by atoms with van der Waals surface area (Å²) < 4.78 is 0.964. The molecule has 2 atom stereocenters. The molecule has 4 heteroatoms. The van der Waals surface area contributed by atoms with Crippen molar-refractivity contribution < 1.29 is 0 Å². The fourth-order valence-electron chi connectivity index (χ4n) is 2.85. The SMILES string of the molecule is CCN1CCCC(C(C)Nc2ccc(C#N)cc2Br)C1. The van der Waals surface area contributed by atoms with E-state index in [9.17, 15) is 0 Å². The van der Waals surface area contributed by atoms with E-state index in [1.807, 2.05) is 18.2 Å². The minimum atomic E-state index is 0.439. The molecule has 2 rings (SSSR count). The summed E-state index contributed by atoms with van der Waals surface area (Å²) in [4.78, 5) is 2.53. The molecule has 1 aromatic carbocycles. The number of benzene rings is 1. The van der Waals surface area contributed by atoms with Crippen LogP contribution in [0.3, 0.4) is 0 Å². The lowest BCUT2D eigenvalue weighted by Crippen LogP contribution is -2.41. The van der Waals surface area contributed by atoms with Crippen molar-refractivity contribution in [2.24, 2.45) is 5.92 Å². The van der Waals surface area contributed by atoms with Gasteiger partial charge in [0.2, 0.25) is 0 Å². The molecule has 0 spiro atoms. The Morgan fingerprint density at radius 2 is 2.35 bits per heavy atom. The molecule has 1 N–H and O–H groups in total. The summed E-state index contributed by atoms with van der Waals surface area (Å²) in [5, 5.41) is 12.5. The minimum Gasteiger partial charge on any atom is -0.381 e. The molecule has 0 aliphatic carbocycles. The van der Waals surface area contributed by atoms with E-state index in [-0.39, 0.29) is 0 Å². The molecule has 1 aliphatic rings. The van der Waals surface area contributed by atoms with Gasteiger partial charge in [-0.25, -0.2) is 0 Å². The van der Waals surface area contributed by atoms with Crippen LogP contribution in [0.1, 0.15) is 32.3 Å². The van der Waals surface area contributed by atoms with Crippen LogP contribution < -0.4 is 5.32 Å². The fraction of sp³-hybridized carbons (Fsp3) is 0.562. The second-order valence-electron chi connectivity index (χ2n) is 5.53. The summed E-state index contributed by atoms with van der Waals surface area (Å²) in [5.41, 5.74) is 1.76. The Bertz CT molecular complexity index is 495. The van der Waals surface area contributed by atoms with E-state index in [0.717, 1.165) is 16.7 Å². The highest BCUT2D eigenvalue weighted by Crippen LogP contribution is 2.27. The molecule has 3 nitrogen and oxygen atoms in total. The van der Waals surface area contributed by atoms with Crippen LogP contribution in [0.15, 0.2) is 22.7 Å². The fourth-order valence-corrected chi connectivity index (χ4v) is 3.34. The molecule has 0 aromatic heterocycles. The maximum atomic E-state index is 8.90. The van der Waals surface area contributed by atoms with E-state index in [1.165, 1.54) is 25.9 Å². The van der Waals surface area contributed by atoms with Crippen LogP contribution in [0.5, 0.6) is 0 Å². The lowest BCUT2D eigenvalue weighted by atomic mass is 9.91. The lowest BCUT2D eigenvalue weighted by Gasteiger charge is -2.36. The van der Waals surface area contributed by atoms with Crippen molar-refractivity contribution in [3.63, 3.8) is 0 Å². The molecule has 2 unspecified atom stereocenters. The highest BCUT2D eigenvalue weighted by Gasteiger charge is 2.24. The Morgan fingerprint density at radius 3 is 3.00 bits per heavy atom. The van der Waals surface area contributed by atoms with Crippen LogP contribution in [0.4, 0.5) is 5.69 Å². The van der Waals surface area contributed by atoms with Crippen molar-refractivity contribution in [2.75, 3.05) is 25.0 Å². The summed E-state index contributed by atoms with van der Waals surface area (Å²) >= 11 is 3.54. The third-order valence-corrected chi connectivity index (χ3v) is 4.83. The van der Waals surface area contributed by atoms with Crippen molar-refractivity contribution in [1.82, 2.24) is 4.90 Å². The standard InChI is InChI=1S/C16H22BrN3/c1-3-20-8-4-5-14(11-20)12(2)19-16-7-6-13(10-18)9-15(16)17/h6-7,9,12,14,19H,3-5,8,11H2,1-2H3. The first kappa shape index (κ1) is 15.3. The predicted molar refractivity (Wildman–Crippen MR) is 86.8 cm³/mol. The van der Waals surface area contributed by atoms with Gasteiger partial charge >= 0.3 is 0 Å². The predicted octanol–water partition coefficient (Wildman–Crippen LogP) is 3.85. The summed E-state index contributed by atoms with van der Waals surface area (Å²) in [6, 6.07) is 8.31. The molecular weight excluding hydrogens is 314 g/mol. The molecule has 0 amide bonds. The molecule has 0 saturated carbocycles. The molecule has 1 aromatic rings. The maximum Gasteiger partial charge on any atom is 0.0992 e.